The Balaban J connectivity index is 2.11. The maximum Gasteiger partial charge on any atom is 0.216 e. The lowest BCUT2D eigenvalue weighted by Crippen LogP contribution is -2.40. The summed E-state index contributed by atoms with van der Waals surface area (Å²) in [6, 6.07) is 6.65. The normalized spacial score (nSPS) is 18.4. The van der Waals surface area contributed by atoms with E-state index in [0.717, 1.165) is 25.9 Å². The molecule has 0 aromatic heterocycles. The number of nitrogens with one attached hydrogen (secondary N) is 1. The van der Waals surface area contributed by atoms with Gasteiger partial charge in [-0.25, -0.2) is 4.39 Å². The molecule has 1 aromatic rings. The lowest BCUT2D eigenvalue weighted by molar-refractivity contribution is -0.119. The number of hydrogen-bond donors (Lipinski definition) is 1. The molecule has 1 aromatic carbocycles. The van der Waals surface area contributed by atoms with Gasteiger partial charge in [0.05, 0.1) is 5.69 Å². The maximum atomic E-state index is 13.7. The van der Waals surface area contributed by atoms with Crippen molar-refractivity contribution in [3.8, 4) is 6.07 Å². The molecule has 1 amide bonds. The highest BCUT2D eigenvalue weighted by molar-refractivity contribution is 5.72. The SMILES string of the molecule is CC(=O)NCC1CCCN(c2cccc(F)c2C#N)C1. The van der Waals surface area contributed by atoms with Crippen molar-refractivity contribution >= 4 is 11.6 Å². The molecule has 1 fully saturated rings. The van der Waals surface area contributed by atoms with Crippen LogP contribution in [0.3, 0.4) is 0 Å². The second kappa shape index (κ2) is 6.38. The Kier molecular flexibility index (Phi) is 4.57. The van der Waals surface area contributed by atoms with Crippen molar-refractivity contribution in [2.75, 3.05) is 24.5 Å². The summed E-state index contributed by atoms with van der Waals surface area (Å²) in [5.41, 5.74) is 0.757. The van der Waals surface area contributed by atoms with E-state index in [9.17, 15) is 9.18 Å². The highest BCUT2D eigenvalue weighted by atomic mass is 19.1. The van der Waals surface area contributed by atoms with Gasteiger partial charge in [0.15, 0.2) is 0 Å². The zero-order chi connectivity index (χ0) is 14.5. The zero-order valence-electron chi connectivity index (χ0n) is 11.5. The van der Waals surface area contributed by atoms with Gasteiger partial charge in [-0.2, -0.15) is 5.26 Å². The van der Waals surface area contributed by atoms with Crippen LogP contribution in [0.1, 0.15) is 25.3 Å². The van der Waals surface area contributed by atoms with E-state index in [4.69, 9.17) is 5.26 Å². The second-order valence-corrected chi connectivity index (χ2v) is 5.14. The van der Waals surface area contributed by atoms with E-state index in [0.29, 0.717) is 18.2 Å². The van der Waals surface area contributed by atoms with Gasteiger partial charge in [-0.05, 0) is 30.9 Å². The van der Waals surface area contributed by atoms with Crippen LogP contribution in [-0.2, 0) is 4.79 Å². The number of hydrogen-bond acceptors (Lipinski definition) is 3. The monoisotopic (exact) mass is 275 g/mol. The van der Waals surface area contributed by atoms with Crippen LogP contribution in [0.25, 0.3) is 0 Å². The summed E-state index contributed by atoms with van der Waals surface area (Å²) >= 11 is 0. The minimum Gasteiger partial charge on any atom is -0.370 e. The van der Waals surface area contributed by atoms with Crippen molar-refractivity contribution in [3.05, 3.63) is 29.6 Å². The Morgan fingerprint density at radius 2 is 2.40 bits per heavy atom. The van der Waals surface area contributed by atoms with Gasteiger partial charge in [-0.1, -0.05) is 6.07 Å². The quantitative estimate of drug-likeness (QED) is 0.918. The smallest absolute Gasteiger partial charge is 0.216 e. The maximum absolute atomic E-state index is 13.7. The van der Waals surface area contributed by atoms with Crippen LogP contribution in [0.2, 0.25) is 0 Å². The molecular weight excluding hydrogens is 257 g/mol. The van der Waals surface area contributed by atoms with Gasteiger partial charge in [0.25, 0.3) is 0 Å². The van der Waals surface area contributed by atoms with Crippen LogP contribution in [0.5, 0.6) is 0 Å². The molecule has 0 bridgehead atoms. The van der Waals surface area contributed by atoms with Gasteiger partial charge in [-0.15, -0.1) is 0 Å². The number of carbonyl (C=O) groups is 1. The number of carbonyl (C=O) groups excluding carboxylic acids is 1. The van der Waals surface area contributed by atoms with Crippen molar-refractivity contribution in [3.63, 3.8) is 0 Å². The fourth-order valence-corrected chi connectivity index (χ4v) is 2.63. The van der Waals surface area contributed by atoms with Crippen LogP contribution in [-0.4, -0.2) is 25.5 Å². The first-order valence-electron chi connectivity index (χ1n) is 6.80. The average Bonchev–Trinajstić information content (AvgIpc) is 2.45. The minimum absolute atomic E-state index is 0.0365. The molecule has 0 saturated carbocycles. The third kappa shape index (κ3) is 3.27. The van der Waals surface area contributed by atoms with Crippen molar-refractivity contribution in [1.82, 2.24) is 5.32 Å². The standard InChI is InChI=1S/C15H18FN3O/c1-11(20)18-9-12-4-3-7-19(10-12)15-6-2-5-14(16)13(15)8-17/h2,5-6,12H,3-4,7,9-10H2,1H3,(H,18,20). The number of nitriles is 1. The summed E-state index contributed by atoms with van der Waals surface area (Å²) in [6.07, 6.45) is 2.01. The highest BCUT2D eigenvalue weighted by Crippen LogP contribution is 2.27. The molecule has 1 heterocycles. The summed E-state index contributed by atoms with van der Waals surface area (Å²) < 4.78 is 13.7. The molecule has 1 unspecified atom stereocenters. The summed E-state index contributed by atoms with van der Waals surface area (Å²) in [5, 5.41) is 11.9. The van der Waals surface area contributed by atoms with Crippen LogP contribution >= 0.6 is 0 Å². The Morgan fingerprint density at radius 1 is 1.60 bits per heavy atom. The van der Waals surface area contributed by atoms with Gasteiger partial charge >= 0.3 is 0 Å². The summed E-state index contributed by atoms with van der Waals surface area (Å²) in [6.45, 7) is 3.68. The molecular formula is C15H18FN3O. The first kappa shape index (κ1) is 14.3. The third-order valence-electron chi connectivity index (χ3n) is 3.60. The molecule has 1 atom stereocenters. The molecule has 5 heteroatoms. The van der Waals surface area contributed by atoms with Gasteiger partial charge in [0.1, 0.15) is 17.4 Å². The van der Waals surface area contributed by atoms with Crippen molar-refractivity contribution < 1.29 is 9.18 Å². The molecule has 1 aliphatic heterocycles. The first-order valence-corrected chi connectivity index (χ1v) is 6.80. The Bertz CT molecular complexity index is 538. The van der Waals surface area contributed by atoms with E-state index < -0.39 is 5.82 Å². The minimum atomic E-state index is -0.478. The number of rotatable bonds is 3. The summed E-state index contributed by atoms with van der Waals surface area (Å²) in [7, 11) is 0. The second-order valence-electron chi connectivity index (χ2n) is 5.14. The van der Waals surface area contributed by atoms with Gasteiger partial charge < -0.3 is 10.2 Å². The van der Waals surface area contributed by atoms with Gasteiger partial charge in [0, 0.05) is 26.6 Å². The topological polar surface area (TPSA) is 56.1 Å². The fraction of sp³-hybridized carbons (Fsp3) is 0.467. The number of halogens is 1. The highest BCUT2D eigenvalue weighted by Gasteiger charge is 2.23. The molecule has 0 aliphatic carbocycles. The first-order chi connectivity index (χ1) is 9.61. The van der Waals surface area contributed by atoms with E-state index in [1.54, 1.807) is 12.1 Å². The Hall–Kier alpha value is -2.09. The van der Waals surface area contributed by atoms with E-state index in [1.807, 2.05) is 11.0 Å². The number of amides is 1. The van der Waals surface area contributed by atoms with Crippen LogP contribution < -0.4 is 10.2 Å². The van der Waals surface area contributed by atoms with Crippen molar-refractivity contribution in [2.45, 2.75) is 19.8 Å². The Labute approximate surface area is 118 Å². The number of nitrogens with zero attached hydrogens (tertiary/aromatic N) is 2. The molecule has 106 valence electrons. The predicted molar refractivity (Wildman–Crippen MR) is 74.7 cm³/mol. The molecule has 0 spiro atoms. The largest absolute Gasteiger partial charge is 0.370 e. The lowest BCUT2D eigenvalue weighted by Gasteiger charge is -2.35. The molecule has 1 aliphatic rings. The number of piperidine rings is 1. The van der Waals surface area contributed by atoms with Crippen molar-refractivity contribution in [2.24, 2.45) is 5.92 Å². The van der Waals surface area contributed by atoms with Crippen LogP contribution in [0.4, 0.5) is 10.1 Å². The summed E-state index contributed by atoms with van der Waals surface area (Å²) in [5.74, 6) is -0.179. The van der Waals surface area contributed by atoms with E-state index in [-0.39, 0.29) is 11.5 Å². The van der Waals surface area contributed by atoms with Gasteiger partial charge in [0.2, 0.25) is 5.91 Å². The number of anilines is 1. The van der Waals surface area contributed by atoms with E-state index >= 15 is 0 Å². The van der Waals surface area contributed by atoms with E-state index in [1.165, 1.54) is 13.0 Å². The lowest BCUT2D eigenvalue weighted by atomic mass is 9.96. The fourth-order valence-electron chi connectivity index (χ4n) is 2.63. The number of benzene rings is 1. The molecule has 1 saturated heterocycles. The molecule has 20 heavy (non-hydrogen) atoms. The van der Waals surface area contributed by atoms with Crippen LogP contribution in [0.15, 0.2) is 18.2 Å². The molecule has 4 nitrogen and oxygen atoms in total. The Morgan fingerprint density at radius 3 is 3.10 bits per heavy atom. The molecule has 0 radical (unpaired) electrons. The molecule has 1 N–H and O–H groups in total. The zero-order valence-corrected chi connectivity index (χ0v) is 11.5. The van der Waals surface area contributed by atoms with E-state index in [2.05, 4.69) is 5.32 Å². The van der Waals surface area contributed by atoms with Gasteiger partial charge in [-0.3, -0.25) is 4.79 Å². The molecule has 2 rings (SSSR count). The predicted octanol–water partition coefficient (Wildman–Crippen LogP) is 2.05. The van der Waals surface area contributed by atoms with Crippen molar-refractivity contribution in [1.29, 1.82) is 5.26 Å². The van der Waals surface area contributed by atoms with Crippen LogP contribution in [0, 0.1) is 23.1 Å². The third-order valence-corrected chi connectivity index (χ3v) is 3.60. The summed E-state index contributed by atoms with van der Waals surface area (Å²) in [4.78, 5) is 13.0. The average molecular weight is 275 g/mol.